The van der Waals surface area contributed by atoms with E-state index in [2.05, 4.69) is 25.5 Å². The van der Waals surface area contributed by atoms with E-state index < -0.39 is 87.9 Å². The fourth-order valence-corrected chi connectivity index (χ4v) is 6.47. The van der Waals surface area contributed by atoms with Gasteiger partial charge in [-0.2, -0.15) is 30.2 Å². The van der Waals surface area contributed by atoms with Crippen LogP contribution >= 0.6 is 11.6 Å². The van der Waals surface area contributed by atoms with Crippen LogP contribution in [0.3, 0.4) is 0 Å². The molecular formula is C22H18ClN5Na3O12S4. The molecule has 0 amide bonds. The molecule has 3 aromatic carbocycles. The molecule has 237 valence electrons. The van der Waals surface area contributed by atoms with E-state index in [4.69, 9.17) is 11.6 Å². The molecule has 0 aliphatic carbocycles. The first-order chi connectivity index (χ1) is 20.1. The molecular weight excluding hydrogens is 759 g/mol. The molecule has 5 N–H and O–H groups in total. The maximum Gasteiger partial charge on any atom is 0.296 e. The number of aromatic hydroxyl groups is 1. The fraction of sp³-hybridized carbons (Fsp3) is 0.0909. The smallest absolute Gasteiger partial charge is 0.296 e. The number of phenols is 1. The van der Waals surface area contributed by atoms with Gasteiger partial charge in [0.1, 0.15) is 31.1 Å². The minimum atomic E-state index is -5.35. The van der Waals surface area contributed by atoms with Crippen LogP contribution in [0.2, 0.25) is 5.02 Å². The molecule has 25 heteroatoms. The number of aromatic nitrogens is 2. The van der Waals surface area contributed by atoms with Crippen molar-refractivity contribution in [2.45, 2.75) is 26.8 Å². The third-order valence-corrected chi connectivity index (χ3v) is 9.69. The van der Waals surface area contributed by atoms with Gasteiger partial charge >= 0.3 is 0 Å². The number of anilines is 2. The SMILES string of the molecule is Cc1nc(S(C)(=O)=O)nc(Nc2ccc(S(=O)(=O)O)c3cc(S(=O)(=O)O)c(N=Nc4ccccc4S(=O)(=O)O)c(O)c23)c1Cl.[Na].[Na].[Na]. The van der Waals surface area contributed by atoms with Crippen molar-refractivity contribution in [2.24, 2.45) is 10.2 Å². The summed E-state index contributed by atoms with van der Waals surface area (Å²) in [6, 6.07) is 6.79. The van der Waals surface area contributed by atoms with E-state index in [0.29, 0.717) is 6.07 Å². The number of benzene rings is 3. The van der Waals surface area contributed by atoms with E-state index in [0.717, 1.165) is 30.5 Å². The standard InChI is InChI=1S/C22H18ClN5O12S4.3Na/c1-10-18(23)21(26-22(24-10)41(2,30)31)25-13-7-8-14(42(32,33)34)11-9-16(44(38,39)40)19(20(29)17(11)13)28-27-12-5-3-4-6-15(12)43(35,36)37;;;/h3-9,29H,1-2H3,(H,24,25,26)(H,32,33,34)(H,35,36,37)(H,38,39,40);;;. The monoisotopic (exact) mass is 776 g/mol. The van der Waals surface area contributed by atoms with Crippen molar-refractivity contribution < 1.29 is 52.4 Å². The zero-order chi connectivity index (χ0) is 33.0. The number of nitrogens with zero attached hydrogens (tertiary/aromatic N) is 4. The number of azo groups is 1. The Morgan fingerprint density at radius 2 is 1.32 bits per heavy atom. The summed E-state index contributed by atoms with van der Waals surface area (Å²) in [4.78, 5) is 4.70. The van der Waals surface area contributed by atoms with Gasteiger partial charge in [0.15, 0.2) is 11.6 Å². The van der Waals surface area contributed by atoms with E-state index in [1.165, 1.54) is 19.1 Å². The van der Waals surface area contributed by atoms with Crippen molar-refractivity contribution in [3.8, 4) is 5.75 Å². The molecule has 4 aromatic rings. The summed E-state index contributed by atoms with van der Waals surface area (Å²) in [6.45, 7) is 1.35. The Labute approximate surface area is 339 Å². The molecule has 4 rings (SSSR count). The quantitative estimate of drug-likeness (QED) is 0.0744. The van der Waals surface area contributed by atoms with Gasteiger partial charge in [-0.15, -0.1) is 10.2 Å². The predicted molar refractivity (Wildman–Crippen MR) is 171 cm³/mol. The average Bonchev–Trinajstić information content (AvgIpc) is 2.88. The van der Waals surface area contributed by atoms with Gasteiger partial charge in [-0.05, 0) is 37.3 Å². The number of nitrogens with one attached hydrogen (secondary N) is 1. The van der Waals surface area contributed by atoms with Gasteiger partial charge in [0.25, 0.3) is 30.4 Å². The van der Waals surface area contributed by atoms with Crippen LogP contribution in [0.5, 0.6) is 5.75 Å². The van der Waals surface area contributed by atoms with E-state index in [1.807, 2.05) is 0 Å². The molecule has 17 nitrogen and oxygen atoms in total. The minimum absolute atomic E-state index is 0. The summed E-state index contributed by atoms with van der Waals surface area (Å²) in [5.74, 6) is -1.54. The average molecular weight is 777 g/mol. The van der Waals surface area contributed by atoms with Gasteiger partial charge in [-0.1, -0.05) is 23.7 Å². The molecule has 0 fully saturated rings. The summed E-state index contributed by atoms with van der Waals surface area (Å²) < 4.78 is 126. The van der Waals surface area contributed by atoms with E-state index in [-0.39, 0.29) is 111 Å². The van der Waals surface area contributed by atoms with Gasteiger partial charge in [0.05, 0.1) is 16.8 Å². The Kier molecular flexibility index (Phi) is 15.1. The third kappa shape index (κ3) is 9.91. The molecule has 1 heterocycles. The van der Waals surface area contributed by atoms with Crippen molar-refractivity contribution in [2.75, 3.05) is 11.6 Å². The van der Waals surface area contributed by atoms with Crippen molar-refractivity contribution in [3.63, 3.8) is 0 Å². The first-order valence-electron chi connectivity index (χ1n) is 11.4. The largest absolute Gasteiger partial charge is 0.505 e. The summed E-state index contributed by atoms with van der Waals surface area (Å²) >= 11 is 6.25. The van der Waals surface area contributed by atoms with E-state index in [9.17, 15) is 52.4 Å². The Bertz CT molecular complexity index is 2360. The third-order valence-electron chi connectivity index (χ3n) is 5.71. The second kappa shape index (κ2) is 16.0. The minimum Gasteiger partial charge on any atom is -0.505 e. The molecule has 0 aliphatic rings. The summed E-state index contributed by atoms with van der Waals surface area (Å²) in [7, 11) is -19.3. The van der Waals surface area contributed by atoms with Crippen LogP contribution in [0, 0.1) is 6.92 Å². The molecule has 1 aromatic heterocycles. The Morgan fingerprint density at radius 3 is 1.85 bits per heavy atom. The van der Waals surface area contributed by atoms with Crippen molar-refractivity contribution in [1.29, 1.82) is 0 Å². The number of rotatable bonds is 8. The van der Waals surface area contributed by atoms with E-state index in [1.54, 1.807) is 0 Å². The van der Waals surface area contributed by atoms with Crippen LogP contribution in [0.15, 0.2) is 72.5 Å². The van der Waals surface area contributed by atoms with Crippen LogP contribution in [0.25, 0.3) is 10.8 Å². The summed E-state index contributed by atoms with van der Waals surface area (Å²) in [5.41, 5.74) is -1.88. The summed E-state index contributed by atoms with van der Waals surface area (Å²) in [6.07, 6.45) is 0.815. The molecule has 0 atom stereocenters. The van der Waals surface area contributed by atoms with Crippen LogP contribution < -0.4 is 5.32 Å². The molecule has 0 saturated carbocycles. The maximum atomic E-state index is 12.3. The first kappa shape index (κ1) is 44.2. The molecule has 47 heavy (non-hydrogen) atoms. The Hall–Kier alpha value is -0.830. The predicted octanol–water partition coefficient (Wildman–Crippen LogP) is 2.46. The van der Waals surface area contributed by atoms with Gasteiger partial charge < -0.3 is 10.4 Å². The Balaban J connectivity index is 0.00000368. The van der Waals surface area contributed by atoms with Crippen LogP contribution in [0.1, 0.15) is 5.69 Å². The fourth-order valence-electron chi connectivity index (χ4n) is 3.83. The van der Waals surface area contributed by atoms with E-state index >= 15 is 0 Å². The zero-order valence-corrected chi connectivity index (χ0v) is 34.9. The molecule has 3 radical (unpaired) electrons. The molecule has 0 bridgehead atoms. The number of hydrogen-bond donors (Lipinski definition) is 5. The first-order valence-corrected chi connectivity index (χ1v) is 18.0. The Morgan fingerprint density at radius 1 is 0.766 bits per heavy atom. The van der Waals surface area contributed by atoms with Gasteiger partial charge in [0, 0.05) is 100 Å². The van der Waals surface area contributed by atoms with Gasteiger partial charge in [-0.3, -0.25) is 13.7 Å². The molecule has 0 aliphatic heterocycles. The van der Waals surface area contributed by atoms with Crippen LogP contribution in [-0.2, 0) is 40.2 Å². The van der Waals surface area contributed by atoms with Crippen LogP contribution in [0.4, 0.5) is 22.9 Å². The number of sulfone groups is 1. The zero-order valence-electron chi connectivity index (χ0n) is 24.9. The molecule has 0 saturated heterocycles. The second-order valence-electron chi connectivity index (χ2n) is 8.85. The number of halogens is 1. The summed E-state index contributed by atoms with van der Waals surface area (Å²) in [5, 5.41) is 18.9. The number of phenolic OH excluding ortho intramolecular Hbond substituents is 1. The van der Waals surface area contributed by atoms with Crippen LogP contribution in [-0.4, -0.2) is 157 Å². The van der Waals surface area contributed by atoms with Crippen molar-refractivity contribution in [1.82, 2.24) is 9.97 Å². The molecule has 0 spiro atoms. The van der Waals surface area contributed by atoms with Gasteiger partial charge in [0.2, 0.25) is 15.0 Å². The second-order valence-corrected chi connectivity index (χ2v) is 15.3. The molecule has 0 unspecified atom stereocenters. The van der Waals surface area contributed by atoms with Gasteiger partial charge in [-0.25, -0.2) is 13.4 Å². The number of hydrogen-bond acceptors (Lipinski definition) is 14. The normalized spacial score (nSPS) is 12.2. The number of fused-ring (bicyclic) bond motifs is 1. The topological polar surface area (TPSA) is 280 Å². The number of aryl methyl sites for hydroxylation is 1. The van der Waals surface area contributed by atoms with Crippen molar-refractivity contribution >= 4 is 174 Å². The van der Waals surface area contributed by atoms with Crippen molar-refractivity contribution in [3.05, 3.63) is 53.2 Å². The maximum absolute atomic E-state index is 12.3.